The minimum atomic E-state index is -3.93. The van der Waals surface area contributed by atoms with Gasteiger partial charge in [0.2, 0.25) is 10.0 Å². The van der Waals surface area contributed by atoms with Crippen LogP contribution in [0.2, 0.25) is 5.02 Å². The predicted octanol–water partition coefficient (Wildman–Crippen LogP) is 3.31. The molecule has 0 spiro atoms. The fourth-order valence-corrected chi connectivity index (χ4v) is 6.23. The Labute approximate surface area is 180 Å². The van der Waals surface area contributed by atoms with Crippen molar-refractivity contribution < 1.29 is 21.6 Å². The smallest absolute Gasteiger partial charge is 0.261 e. The molecule has 0 saturated carbocycles. The van der Waals surface area contributed by atoms with Gasteiger partial charge in [0.1, 0.15) is 4.90 Å². The summed E-state index contributed by atoms with van der Waals surface area (Å²) in [7, 11) is -7.80. The second-order valence-corrected chi connectivity index (χ2v) is 10.8. The highest BCUT2D eigenvalue weighted by Crippen LogP contribution is 2.29. The molecule has 10 heteroatoms. The molecule has 1 N–H and O–H groups in total. The maximum absolute atomic E-state index is 13.0. The number of nitrogens with one attached hydrogen (secondary N) is 1. The molecule has 7 nitrogen and oxygen atoms in total. The predicted molar refractivity (Wildman–Crippen MR) is 116 cm³/mol. The molecule has 0 aliphatic carbocycles. The SMILES string of the molecule is O=S(=O)(Nc1ccc(Cl)c(S(=O)(=O)N2CCOCC2)c1)c1ccc2ccccc2c1. The lowest BCUT2D eigenvalue weighted by Crippen LogP contribution is -2.40. The van der Waals surface area contributed by atoms with Crippen molar-refractivity contribution in [2.75, 3.05) is 31.0 Å². The van der Waals surface area contributed by atoms with Crippen molar-refractivity contribution in [2.45, 2.75) is 9.79 Å². The van der Waals surface area contributed by atoms with E-state index in [0.29, 0.717) is 13.2 Å². The molecule has 1 aliphatic heterocycles. The van der Waals surface area contributed by atoms with E-state index in [1.807, 2.05) is 24.3 Å². The summed E-state index contributed by atoms with van der Waals surface area (Å²) in [5.74, 6) is 0. The van der Waals surface area contributed by atoms with Gasteiger partial charge in [0.25, 0.3) is 10.0 Å². The van der Waals surface area contributed by atoms with Crippen LogP contribution in [0.25, 0.3) is 10.8 Å². The molecule has 158 valence electrons. The second kappa shape index (κ2) is 8.16. The first-order valence-electron chi connectivity index (χ1n) is 9.16. The third-order valence-corrected chi connectivity index (χ3v) is 8.56. The molecule has 1 saturated heterocycles. The highest BCUT2D eigenvalue weighted by Gasteiger charge is 2.29. The molecule has 4 rings (SSSR count). The Morgan fingerprint density at radius 1 is 0.867 bits per heavy atom. The summed E-state index contributed by atoms with van der Waals surface area (Å²) in [6, 6.07) is 16.3. The maximum atomic E-state index is 13.0. The van der Waals surface area contributed by atoms with Gasteiger partial charge in [-0.25, -0.2) is 16.8 Å². The lowest BCUT2D eigenvalue weighted by molar-refractivity contribution is 0.0730. The fourth-order valence-electron chi connectivity index (χ4n) is 3.24. The number of morpholine rings is 1. The van der Waals surface area contributed by atoms with E-state index in [9.17, 15) is 16.8 Å². The minimum Gasteiger partial charge on any atom is -0.379 e. The van der Waals surface area contributed by atoms with Gasteiger partial charge in [0, 0.05) is 13.1 Å². The zero-order valence-corrected chi connectivity index (χ0v) is 18.2. The quantitative estimate of drug-likeness (QED) is 0.622. The molecule has 1 aliphatic rings. The van der Waals surface area contributed by atoms with Crippen LogP contribution in [0, 0.1) is 0 Å². The molecule has 1 heterocycles. The van der Waals surface area contributed by atoms with Gasteiger partial charge in [-0.2, -0.15) is 4.31 Å². The average molecular weight is 467 g/mol. The van der Waals surface area contributed by atoms with Gasteiger partial charge >= 0.3 is 0 Å². The summed E-state index contributed by atoms with van der Waals surface area (Å²) in [4.78, 5) is -0.0708. The number of nitrogens with zero attached hydrogens (tertiary/aromatic N) is 1. The van der Waals surface area contributed by atoms with E-state index in [0.717, 1.165) is 10.8 Å². The topological polar surface area (TPSA) is 92.8 Å². The number of halogens is 1. The van der Waals surface area contributed by atoms with Crippen molar-refractivity contribution >= 4 is 48.1 Å². The van der Waals surface area contributed by atoms with Gasteiger partial charge in [0.15, 0.2) is 0 Å². The fraction of sp³-hybridized carbons (Fsp3) is 0.200. The summed E-state index contributed by atoms with van der Waals surface area (Å²) in [5.41, 5.74) is 0.111. The monoisotopic (exact) mass is 466 g/mol. The summed E-state index contributed by atoms with van der Waals surface area (Å²) in [6.07, 6.45) is 0. The van der Waals surface area contributed by atoms with Crippen LogP contribution in [0.3, 0.4) is 0 Å². The first-order chi connectivity index (χ1) is 14.3. The number of fused-ring (bicyclic) bond motifs is 1. The van der Waals surface area contributed by atoms with E-state index >= 15 is 0 Å². The van der Waals surface area contributed by atoms with Crippen LogP contribution in [0.15, 0.2) is 70.5 Å². The first-order valence-corrected chi connectivity index (χ1v) is 12.5. The average Bonchev–Trinajstić information content (AvgIpc) is 2.75. The van der Waals surface area contributed by atoms with Crippen LogP contribution >= 0.6 is 11.6 Å². The largest absolute Gasteiger partial charge is 0.379 e. The summed E-state index contributed by atoms with van der Waals surface area (Å²) in [6.45, 7) is 1.02. The molecular weight excluding hydrogens is 448 g/mol. The Bertz CT molecular complexity index is 1300. The van der Waals surface area contributed by atoms with Gasteiger partial charge in [-0.3, -0.25) is 4.72 Å². The molecule has 0 radical (unpaired) electrons. The number of ether oxygens (including phenoxy) is 1. The molecule has 0 atom stereocenters. The van der Waals surface area contributed by atoms with Crippen molar-refractivity contribution in [2.24, 2.45) is 0 Å². The van der Waals surface area contributed by atoms with Crippen molar-refractivity contribution in [3.8, 4) is 0 Å². The lowest BCUT2D eigenvalue weighted by atomic mass is 10.1. The second-order valence-electron chi connectivity index (χ2n) is 6.78. The number of hydrogen-bond donors (Lipinski definition) is 1. The molecule has 0 amide bonds. The van der Waals surface area contributed by atoms with E-state index in [1.54, 1.807) is 12.1 Å². The van der Waals surface area contributed by atoms with Crippen LogP contribution < -0.4 is 4.72 Å². The Kier molecular flexibility index (Phi) is 5.73. The van der Waals surface area contributed by atoms with Gasteiger partial charge in [-0.1, -0.05) is 41.9 Å². The van der Waals surface area contributed by atoms with E-state index in [1.165, 1.54) is 28.6 Å². The number of anilines is 1. The Morgan fingerprint density at radius 2 is 1.57 bits per heavy atom. The van der Waals surface area contributed by atoms with Crippen LogP contribution in [0.1, 0.15) is 0 Å². The van der Waals surface area contributed by atoms with Crippen molar-refractivity contribution in [3.63, 3.8) is 0 Å². The molecule has 0 unspecified atom stereocenters. The van der Waals surface area contributed by atoms with Gasteiger partial charge in [-0.05, 0) is 41.1 Å². The third kappa shape index (κ3) is 4.17. The first kappa shape index (κ1) is 21.1. The molecular formula is C20H19ClN2O5S2. The minimum absolute atomic E-state index is 0.0233. The molecule has 1 fully saturated rings. The van der Waals surface area contributed by atoms with Crippen LogP contribution in [-0.4, -0.2) is 47.4 Å². The van der Waals surface area contributed by atoms with Crippen molar-refractivity contribution in [3.05, 3.63) is 65.7 Å². The van der Waals surface area contributed by atoms with Crippen molar-refractivity contribution in [1.82, 2.24) is 4.31 Å². The zero-order valence-electron chi connectivity index (χ0n) is 15.8. The molecule has 3 aromatic rings. The number of hydrogen-bond acceptors (Lipinski definition) is 5. The highest BCUT2D eigenvalue weighted by molar-refractivity contribution is 7.92. The van der Waals surface area contributed by atoms with Crippen LogP contribution in [0.5, 0.6) is 0 Å². The lowest BCUT2D eigenvalue weighted by Gasteiger charge is -2.26. The zero-order chi connectivity index (χ0) is 21.4. The normalized spacial score (nSPS) is 15.9. The summed E-state index contributed by atoms with van der Waals surface area (Å²) < 4.78 is 60.6. The summed E-state index contributed by atoms with van der Waals surface area (Å²) in [5, 5.41) is 1.73. The summed E-state index contributed by atoms with van der Waals surface area (Å²) >= 11 is 6.14. The number of sulfonamides is 2. The van der Waals surface area contributed by atoms with E-state index in [-0.39, 0.29) is 33.6 Å². The number of benzene rings is 3. The van der Waals surface area contributed by atoms with E-state index in [4.69, 9.17) is 16.3 Å². The molecule has 0 aromatic heterocycles. The van der Waals surface area contributed by atoms with Crippen LogP contribution in [-0.2, 0) is 24.8 Å². The Morgan fingerprint density at radius 3 is 2.30 bits per heavy atom. The molecule has 0 bridgehead atoms. The van der Waals surface area contributed by atoms with Gasteiger partial charge < -0.3 is 4.74 Å². The van der Waals surface area contributed by atoms with Gasteiger partial charge in [-0.15, -0.1) is 0 Å². The van der Waals surface area contributed by atoms with Crippen molar-refractivity contribution in [1.29, 1.82) is 0 Å². The highest BCUT2D eigenvalue weighted by atomic mass is 35.5. The molecule has 3 aromatic carbocycles. The third-order valence-electron chi connectivity index (χ3n) is 4.80. The van der Waals surface area contributed by atoms with E-state index in [2.05, 4.69) is 4.72 Å². The Hall–Kier alpha value is -2.17. The van der Waals surface area contributed by atoms with Crippen LogP contribution in [0.4, 0.5) is 5.69 Å². The maximum Gasteiger partial charge on any atom is 0.261 e. The van der Waals surface area contributed by atoms with Gasteiger partial charge in [0.05, 0.1) is 28.8 Å². The van der Waals surface area contributed by atoms with E-state index < -0.39 is 20.0 Å². The molecule has 30 heavy (non-hydrogen) atoms. The standard InChI is InChI=1S/C20H19ClN2O5S2/c21-19-8-6-17(14-20(19)30(26,27)23-9-11-28-12-10-23)22-29(24,25)18-7-5-15-3-1-2-4-16(15)13-18/h1-8,13-14,22H,9-12H2. The number of rotatable bonds is 5. The Balaban J connectivity index is 1.66.